The van der Waals surface area contributed by atoms with Crippen molar-refractivity contribution in [3.05, 3.63) is 22.4 Å². The molecule has 30 heavy (non-hydrogen) atoms. The maximum atomic E-state index is 13.4. The molecule has 4 amide bonds. The van der Waals surface area contributed by atoms with Crippen LogP contribution in [0.4, 0.5) is 0 Å². The molecule has 1 aromatic heterocycles. The molecule has 0 bridgehead atoms. The fraction of sp³-hybridized carbons (Fsp3) is 0.619. The number of fused-ring (bicyclic) bond motifs is 2. The summed E-state index contributed by atoms with van der Waals surface area (Å²) in [4.78, 5) is 55.7. The normalized spacial score (nSPS) is 30.9. The van der Waals surface area contributed by atoms with Gasteiger partial charge in [0.15, 0.2) is 0 Å². The van der Waals surface area contributed by atoms with Crippen LogP contribution in [0, 0.1) is 5.92 Å². The number of carbonyl (C=O) groups excluding carboxylic acids is 4. The van der Waals surface area contributed by atoms with E-state index < -0.39 is 12.1 Å². The van der Waals surface area contributed by atoms with Crippen molar-refractivity contribution >= 4 is 35.0 Å². The number of carbonyl (C=O) groups is 4. The molecule has 1 aliphatic carbocycles. The highest BCUT2D eigenvalue weighted by atomic mass is 32.1. The average Bonchev–Trinajstić information content (AvgIpc) is 3.38. The molecule has 4 aliphatic rings. The molecule has 4 fully saturated rings. The van der Waals surface area contributed by atoms with E-state index in [-0.39, 0.29) is 41.6 Å². The number of thiophene rings is 1. The predicted molar refractivity (Wildman–Crippen MR) is 109 cm³/mol. The fourth-order valence-corrected chi connectivity index (χ4v) is 5.82. The standard InChI is InChI=1S/C21H26N4O4S/c26-17(10-14-5-2-8-30-14)22-13-9-16-19(27)23-15-6-7-24(20(28)12-3-1-4-12)18(15)21(29)25(16)11-13/h2,5,8,12-13,15-16,18H,1,3-4,6-7,9-11H2,(H,22,26)(H,23,27)/t13-,15-,16+,18-/m0/s1. The first-order valence-corrected chi connectivity index (χ1v) is 11.6. The topological polar surface area (TPSA) is 98.8 Å². The van der Waals surface area contributed by atoms with E-state index in [1.165, 1.54) is 11.3 Å². The zero-order valence-corrected chi connectivity index (χ0v) is 17.5. The number of amides is 4. The Hall–Kier alpha value is -2.42. The molecule has 1 saturated carbocycles. The summed E-state index contributed by atoms with van der Waals surface area (Å²) in [6.45, 7) is 0.817. The average molecular weight is 431 g/mol. The van der Waals surface area contributed by atoms with Gasteiger partial charge in [0, 0.05) is 29.9 Å². The second-order valence-corrected chi connectivity index (χ2v) is 9.80. The Morgan fingerprint density at radius 1 is 1.23 bits per heavy atom. The minimum atomic E-state index is -0.618. The molecule has 5 rings (SSSR count). The third kappa shape index (κ3) is 3.38. The zero-order valence-electron chi connectivity index (χ0n) is 16.7. The van der Waals surface area contributed by atoms with Crippen molar-refractivity contribution in [1.29, 1.82) is 0 Å². The third-order valence-electron chi connectivity index (χ3n) is 6.88. The summed E-state index contributed by atoms with van der Waals surface area (Å²) in [5.41, 5.74) is 0. The second kappa shape index (κ2) is 7.68. The van der Waals surface area contributed by atoms with Gasteiger partial charge in [-0.3, -0.25) is 19.2 Å². The van der Waals surface area contributed by atoms with Crippen LogP contribution in [0.25, 0.3) is 0 Å². The lowest BCUT2D eigenvalue weighted by molar-refractivity contribution is -0.148. The summed E-state index contributed by atoms with van der Waals surface area (Å²) in [5.74, 6) is -0.371. The number of nitrogens with zero attached hydrogens (tertiary/aromatic N) is 2. The Balaban J connectivity index is 1.28. The Labute approximate surface area is 179 Å². The van der Waals surface area contributed by atoms with E-state index in [1.807, 2.05) is 17.5 Å². The van der Waals surface area contributed by atoms with E-state index in [9.17, 15) is 19.2 Å². The van der Waals surface area contributed by atoms with Crippen LogP contribution in [0.3, 0.4) is 0 Å². The smallest absolute Gasteiger partial charge is 0.248 e. The van der Waals surface area contributed by atoms with Gasteiger partial charge in [-0.15, -0.1) is 11.3 Å². The van der Waals surface area contributed by atoms with Gasteiger partial charge in [0.1, 0.15) is 12.1 Å². The van der Waals surface area contributed by atoms with Crippen molar-refractivity contribution < 1.29 is 19.2 Å². The Kier molecular flexibility index (Phi) is 5.00. The molecule has 8 nitrogen and oxygen atoms in total. The molecule has 0 aromatic carbocycles. The molecule has 0 unspecified atom stereocenters. The quantitative estimate of drug-likeness (QED) is 0.717. The summed E-state index contributed by atoms with van der Waals surface area (Å²) < 4.78 is 0. The molecule has 3 saturated heterocycles. The zero-order chi connectivity index (χ0) is 20.8. The van der Waals surface area contributed by atoms with Crippen LogP contribution < -0.4 is 10.6 Å². The van der Waals surface area contributed by atoms with Crippen molar-refractivity contribution in [3.8, 4) is 0 Å². The highest BCUT2D eigenvalue weighted by molar-refractivity contribution is 7.10. The van der Waals surface area contributed by atoms with Gasteiger partial charge in [0.05, 0.1) is 12.5 Å². The van der Waals surface area contributed by atoms with Crippen molar-refractivity contribution in [3.63, 3.8) is 0 Å². The largest absolute Gasteiger partial charge is 0.351 e. The number of hydrogen-bond acceptors (Lipinski definition) is 5. The van der Waals surface area contributed by atoms with Gasteiger partial charge in [-0.1, -0.05) is 12.5 Å². The predicted octanol–water partition coefficient (Wildman–Crippen LogP) is 0.276. The summed E-state index contributed by atoms with van der Waals surface area (Å²) in [7, 11) is 0. The number of hydrogen-bond donors (Lipinski definition) is 2. The van der Waals surface area contributed by atoms with Crippen LogP contribution in [-0.2, 0) is 25.6 Å². The molecule has 3 aliphatic heterocycles. The van der Waals surface area contributed by atoms with Crippen LogP contribution in [0.15, 0.2) is 17.5 Å². The van der Waals surface area contributed by atoms with Crippen molar-refractivity contribution in [2.45, 2.75) is 62.7 Å². The first-order valence-electron chi connectivity index (χ1n) is 10.7. The van der Waals surface area contributed by atoms with Gasteiger partial charge in [-0.25, -0.2) is 0 Å². The fourth-order valence-electron chi connectivity index (χ4n) is 5.12. The lowest BCUT2D eigenvalue weighted by Crippen LogP contribution is -2.54. The Morgan fingerprint density at radius 3 is 2.77 bits per heavy atom. The van der Waals surface area contributed by atoms with Gasteiger partial charge >= 0.3 is 0 Å². The van der Waals surface area contributed by atoms with E-state index in [0.29, 0.717) is 32.4 Å². The molecule has 4 heterocycles. The molecule has 4 atom stereocenters. The summed E-state index contributed by atoms with van der Waals surface area (Å²) in [6, 6.07) is 2.04. The Bertz CT molecular complexity index is 868. The SMILES string of the molecule is O=C(Cc1cccs1)N[C@H]1C[C@@H]2C(=O)N[C@H]3CCN(C(=O)C4CCC4)[C@@H]3C(=O)N2C1. The van der Waals surface area contributed by atoms with Crippen molar-refractivity contribution in [1.82, 2.24) is 20.4 Å². The van der Waals surface area contributed by atoms with E-state index in [4.69, 9.17) is 0 Å². The molecule has 0 spiro atoms. The van der Waals surface area contributed by atoms with Crippen molar-refractivity contribution in [2.24, 2.45) is 5.92 Å². The molecule has 2 N–H and O–H groups in total. The van der Waals surface area contributed by atoms with E-state index >= 15 is 0 Å². The van der Waals surface area contributed by atoms with Crippen molar-refractivity contribution in [2.75, 3.05) is 13.1 Å². The van der Waals surface area contributed by atoms with Gasteiger partial charge in [0.25, 0.3) is 0 Å². The lowest BCUT2D eigenvalue weighted by atomic mass is 9.84. The second-order valence-electron chi connectivity index (χ2n) is 8.77. The highest BCUT2D eigenvalue weighted by Gasteiger charge is 2.53. The maximum absolute atomic E-state index is 13.4. The number of rotatable bonds is 4. The first kappa shape index (κ1) is 19.5. The Morgan fingerprint density at radius 2 is 2.07 bits per heavy atom. The number of likely N-dealkylation sites (tertiary alicyclic amines) is 1. The van der Waals surface area contributed by atoms with Crippen LogP contribution in [0.1, 0.15) is 37.0 Å². The van der Waals surface area contributed by atoms with Gasteiger partial charge in [-0.2, -0.15) is 0 Å². The van der Waals surface area contributed by atoms with Crippen LogP contribution in [0.2, 0.25) is 0 Å². The van der Waals surface area contributed by atoms with Crippen LogP contribution in [0.5, 0.6) is 0 Å². The van der Waals surface area contributed by atoms with Gasteiger partial charge in [-0.05, 0) is 37.1 Å². The van der Waals surface area contributed by atoms with Gasteiger partial charge < -0.3 is 20.4 Å². The third-order valence-corrected chi connectivity index (χ3v) is 7.76. The van der Waals surface area contributed by atoms with Crippen LogP contribution in [-0.4, -0.2) is 70.7 Å². The molecule has 9 heteroatoms. The number of nitrogens with one attached hydrogen (secondary N) is 2. The highest BCUT2D eigenvalue weighted by Crippen LogP contribution is 2.34. The minimum absolute atomic E-state index is 0.0224. The van der Waals surface area contributed by atoms with E-state index in [2.05, 4.69) is 10.6 Å². The van der Waals surface area contributed by atoms with E-state index in [0.717, 1.165) is 24.1 Å². The van der Waals surface area contributed by atoms with Gasteiger partial charge in [0.2, 0.25) is 23.6 Å². The van der Waals surface area contributed by atoms with E-state index in [1.54, 1.807) is 9.80 Å². The minimum Gasteiger partial charge on any atom is -0.351 e. The molecule has 0 radical (unpaired) electrons. The van der Waals surface area contributed by atoms with Crippen LogP contribution >= 0.6 is 11.3 Å². The molecule has 1 aromatic rings. The first-order chi connectivity index (χ1) is 14.5. The molecular formula is C21H26N4O4S. The summed E-state index contributed by atoms with van der Waals surface area (Å²) >= 11 is 1.53. The summed E-state index contributed by atoms with van der Waals surface area (Å²) in [6.07, 6.45) is 4.15. The monoisotopic (exact) mass is 430 g/mol. The summed E-state index contributed by atoms with van der Waals surface area (Å²) in [5, 5.41) is 7.92. The lowest BCUT2D eigenvalue weighted by Gasteiger charge is -2.34. The maximum Gasteiger partial charge on any atom is 0.248 e. The molecule has 160 valence electrons. The molecular weight excluding hydrogens is 404 g/mol.